The summed E-state index contributed by atoms with van der Waals surface area (Å²) in [6.45, 7) is 7.24. The number of carbonyl (C=O) groups is 4. The first-order chi connectivity index (χ1) is 13.5. The zero-order valence-corrected chi connectivity index (χ0v) is 17.7. The van der Waals surface area contributed by atoms with Gasteiger partial charge in [0.15, 0.2) is 5.13 Å². The molecule has 1 rings (SSSR count). The van der Waals surface area contributed by atoms with Crippen molar-refractivity contribution < 1.29 is 28.7 Å². The molecule has 5 N–H and O–H groups in total. The second-order valence-electron chi connectivity index (χ2n) is 6.87. The molecule has 1 aromatic rings. The molecule has 1 atom stereocenters. The summed E-state index contributed by atoms with van der Waals surface area (Å²) < 4.78 is 10.1. The standard InChI is InChI=1S/C17H27N5O6S/c1-5-27-13(24)11-9-20-15(29-11)22-12(23)10(7-6-8-19-14(18)25)21-16(26)28-17(2,3)4/h9-10H,5-8H2,1-4H3,(H,21,26)(H3,18,19,25)(H,20,22,23)/t10-/m1/s1. The van der Waals surface area contributed by atoms with Crippen LogP contribution in [0.4, 0.5) is 14.7 Å². The van der Waals surface area contributed by atoms with Gasteiger partial charge in [-0.25, -0.2) is 19.4 Å². The highest BCUT2D eigenvalue weighted by Crippen LogP contribution is 2.19. The van der Waals surface area contributed by atoms with Crippen molar-refractivity contribution in [3.05, 3.63) is 11.1 Å². The molecule has 4 amide bonds. The van der Waals surface area contributed by atoms with Gasteiger partial charge in [-0.05, 0) is 40.5 Å². The molecule has 1 aromatic heterocycles. The smallest absolute Gasteiger partial charge is 0.408 e. The second kappa shape index (κ2) is 11.2. The van der Waals surface area contributed by atoms with Crippen LogP contribution in [-0.2, 0) is 14.3 Å². The fraction of sp³-hybridized carbons (Fsp3) is 0.588. The number of amides is 4. The fourth-order valence-electron chi connectivity index (χ4n) is 2.06. The molecule has 0 unspecified atom stereocenters. The summed E-state index contributed by atoms with van der Waals surface area (Å²) >= 11 is 0.953. The zero-order valence-electron chi connectivity index (χ0n) is 16.9. The normalized spacial score (nSPS) is 11.9. The van der Waals surface area contributed by atoms with Gasteiger partial charge in [-0.15, -0.1) is 0 Å². The minimum atomic E-state index is -0.950. The van der Waals surface area contributed by atoms with Gasteiger partial charge in [0.25, 0.3) is 0 Å². The van der Waals surface area contributed by atoms with Crippen LogP contribution < -0.4 is 21.7 Å². The lowest BCUT2D eigenvalue weighted by Crippen LogP contribution is -2.46. The third-order valence-corrected chi connectivity index (χ3v) is 4.08. The molecule has 0 radical (unpaired) electrons. The van der Waals surface area contributed by atoms with Gasteiger partial charge in [0, 0.05) is 6.54 Å². The van der Waals surface area contributed by atoms with E-state index in [1.807, 2.05) is 0 Å². The number of aromatic nitrogens is 1. The van der Waals surface area contributed by atoms with E-state index in [9.17, 15) is 19.2 Å². The topological polar surface area (TPSA) is 162 Å². The molecular formula is C17H27N5O6S. The summed E-state index contributed by atoms with van der Waals surface area (Å²) in [5.74, 6) is -1.08. The Morgan fingerprint density at radius 2 is 1.97 bits per heavy atom. The SMILES string of the molecule is CCOC(=O)c1cnc(NC(=O)[C@@H](CCCNC(N)=O)NC(=O)OC(C)(C)C)s1. The van der Waals surface area contributed by atoms with Gasteiger partial charge >= 0.3 is 18.1 Å². The molecular weight excluding hydrogens is 402 g/mol. The minimum absolute atomic E-state index is 0.185. The molecule has 0 fully saturated rings. The van der Waals surface area contributed by atoms with Gasteiger partial charge in [0.05, 0.1) is 12.8 Å². The molecule has 0 spiro atoms. The number of hydrogen-bond acceptors (Lipinski definition) is 8. The van der Waals surface area contributed by atoms with Crippen LogP contribution in [0, 0.1) is 0 Å². The highest BCUT2D eigenvalue weighted by molar-refractivity contribution is 7.17. The highest BCUT2D eigenvalue weighted by Gasteiger charge is 2.25. The Labute approximate surface area is 172 Å². The van der Waals surface area contributed by atoms with Gasteiger partial charge in [-0.1, -0.05) is 11.3 Å². The molecule has 29 heavy (non-hydrogen) atoms. The molecule has 0 aliphatic carbocycles. The van der Waals surface area contributed by atoms with Crippen LogP contribution >= 0.6 is 11.3 Å². The number of thiazole rings is 1. The van der Waals surface area contributed by atoms with E-state index in [-0.39, 0.29) is 29.6 Å². The van der Waals surface area contributed by atoms with E-state index in [0.717, 1.165) is 11.3 Å². The Morgan fingerprint density at radius 1 is 1.28 bits per heavy atom. The Hall–Kier alpha value is -2.89. The van der Waals surface area contributed by atoms with Crippen molar-refractivity contribution in [2.75, 3.05) is 18.5 Å². The largest absolute Gasteiger partial charge is 0.462 e. The molecule has 0 saturated carbocycles. The Kier molecular flexibility index (Phi) is 9.32. The molecule has 12 heteroatoms. The molecule has 0 aromatic carbocycles. The molecule has 0 saturated heterocycles. The monoisotopic (exact) mass is 429 g/mol. The second-order valence-corrected chi connectivity index (χ2v) is 7.90. The molecule has 11 nitrogen and oxygen atoms in total. The first-order valence-corrected chi connectivity index (χ1v) is 9.80. The van der Waals surface area contributed by atoms with Crippen LogP contribution in [0.25, 0.3) is 0 Å². The maximum absolute atomic E-state index is 12.6. The number of primary amides is 1. The number of esters is 1. The third-order valence-electron chi connectivity index (χ3n) is 3.19. The number of urea groups is 1. The quantitative estimate of drug-likeness (QED) is 0.342. The van der Waals surface area contributed by atoms with E-state index in [4.69, 9.17) is 15.2 Å². The number of rotatable bonds is 9. The lowest BCUT2D eigenvalue weighted by molar-refractivity contribution is -0.118. The minimum Gasteiger partial charge on any atom is -0.462 e. The van der Waals surface area contributed by atoms with Crippen LogP contribution in [0.3, 0.4) is 0 Å². The van der Waals surface area contributed by atoms with Gasteiger partial charge in [-0.2, -0.15) is 0 Å². The predicted octanol–water partition coefficient (Wildman–Crippen LogP) is 1.60. The van der Waals surface area contributed by atoms with Gasteiger partial charge < -0.3 is 31.2 Å². The average molecular weight is 429 g/mol. The number of ether oxygens (including phenoxy) is 2. The van der Waals surface area contributed by atoms with E-state index in [1.165, 1.54) is 6.20 Å². The maximum Gasteiger partial charge on any atom is 0.408 e. The number of nitrogens with zero attached hydrogens (tertiary/aromatic N) is 1. The summed E-state index contributed by atoms with van der Waals surface area (Å²) in [6.07, 6.45) is 1.13. The maximum atomic E-state index is 12.6. The average Bonchev–Trinajstić information content (AvgIpc) is 3.04. The molecule has 1 heterocycles. The van der Waals surface area contributed by atoms with Crippen molar-refractivity contribution in [2.45, 2.75) is 52.2 Å². The molecule has 0 aliphatic rings. The Bertz CT molecular complexity index is 730. The van der Waals surface area contributed by atoms with Crippen LogP contribution in [0.1, 0.15) is 50.2 Å². The van der Waals surface area contributed by atoms with Crippen LogP contribution in [0.15, 0.2) is 6.20 Å². The number of alkyl carbamates (subject to hydrolysis) is 1. The number of hydrogen-bond donors (Lipinski definition) is 4. The van der Waals surface area contributed by atoms with Gasteiger partial charge in [-0.3, -0.25) is 4.79 Å². The summed E-state index contributed by atoms with van der Waals surface area (Å²) in [7, 11) is 0. The van der Waals surface area contributed by atoms with E-state index in [2.05, 4.69) is 20.9 Å². The van der Waals surface area contributed by atoms with Crippen LogP contribution in [-0.4, -0.2) is 53.8 Å². The van der Waals surface area contributed by atoms with E-state index < -0.39 is 35.6 Å². The van der Waals surface area contributed by atoms with E-state index in [0.29, 0.717) is 6.42 Å². The first-order valence-electron chi connectivity index (χ1n) is 8.98. The first kappa shape index (κ1) is 24.1. The highest BCUT2D eigenvalue weighted by atomic mass is 32.1. The number of nitrogens with two attached hydrogens (primary N) is 1. The zero-order chi connectivity index (χ0) is 22.0. The Morgan fingerprint density at radius 3 is 2.55 bits per heavy atom. The lowest BCUT2D eigenvalue weighted by atomic mass is 10.1. The molecule has 0 bridgehead atoms. The lowest BCUT2D eigenvalue weighted by Gasteiger charge is -2.23. The number of carbonyl (C=O) groups excluding carboxylic acids is 4. The van der Waals surface area contributed by atoms with Crippen molar-refractivity contribution in [3.8, 4) is 0 Å². The van der Waals surface area contributed by atoms with Gasteiger partial charge in [0.2, 0.25) is 5.91 Å². The van der Waals surface area contributed by atoms with Crippen molar-refractivity contribution >= 4 is 40.5 Å². The fourth-order valence-corrected chi connectivity index (χ4v) is 2.77. The van der Waals surface area contributed by atoms with Gasteiger partial charge in [0.1, 0.15) is 16.5 Å². The summed E-state index contributed by atoms with van der Waals surface area (Å²) in [4.78, 5) is 51.3. The number of nitrogens with one attached hydrogen (secondary N) is 3. The van der Waals surface area contributed by atoms with Crippen molar-refractivity contribution in [3.63, 3.8) is 0 Å². The van der Waals surface area contributed by atoms with E-state index in [1.54, 1.807) is 27.7 Å². The Balaban J connectivity index is 2.76. The predicted molar refractivity (Wildman–Crippen MR) is 107 cm³/mol. The molecule has 162 valence electrons. The van der Waals surface area contributed by atoms with E-state index >= 15 is 0 Å². The van der Waals surface area contributed by atoms with Crippen LogP contribution in [0.2, 0.25) is 0 Å². The van der Waals surface area contributed by atoms with Crippen molar-refractivity contribution in [2.24, 2.45) is 5.73 Å². The summed E-state index contributed by atoms with van der Waals surface area (Å²) in [5.41, 5.74) is 4.27. The van der Waals surface area contributed by atoms with Crippen LogP contribution in [0.5, 0.6) is 0 Å². The third kappa shape index (κ3) is 9.74. The number of anilines is 1. The summed E-state index contributed by atoms with van der Waals surface area (Å²) in [6, 6.07) is -1.63. The van der Waals surface area contributed by atoms with Crippen molar-refractivity contribution in [1.29, 1.82) is 0 Å². The molecule has 0 aliphatic heterocycles. The van der Waals surface area contributed by atoms with Crippen molar-refractivity contribution in [1.82, 2.24) is 15.6 Å². The summed E-state index contributed by atoms with van der Waals surface area (Å²) in [5, 5.41) is 7.65.